The van der Waals surface area contributed by atoms with Crippen molar-refractivity contribution in [3.8, 4) is 10.7 Å². The van der Waals surface area contributed by atoms with Crippen molar-refractivity contribution >= 4 is 45.8 Å². The zero-order chi connectivity index (χ0) is 11.1. The van der Waals surface area contributed by atoms with E-state index >= 15 is 0 Å². The highest BCUT2D eigenvalue weighted by molar-refractivity contribution is 7.09. The van der Waals surface area contributed by atoms with Crippen molar-refractivity contribution in [3.05, 3.63) is 28.4 Å². The molecule has 0 fully saturated rings. The standard InChI is InChI=1S/C9H4Cl2N4S/c10-4-1-6-7(2-5(4)11)14-9(13-6)8-3-12-15-16-8/h1-3H,(H,13,14). The summed E-state index contributed by atoms with van der Waals surface area (Å²) < 4.78 is 3.78. The van der Waals surface area contributed by atoms with Crippen LogP contribution in [-0.2, 0) is 0 Å². The van der Waals surface area contributed by atoms with Gasteiger partial charge in [0.1, 0.15) is 4.88 Å². The Balaban J connectivity index is 2.23. The number of imidazole rings is 1. The molecule has 0 spiro atoms. The molecule has 0 amide bonds. The number of aromatic nitrogens is 4. The number of halogens is 2. The average Bonchev–Trinajstić information content (AvgIpc) is 2.86. The maximum absolute atomic E-state index is 5.92. The lowest BCUT2D eigenvalue weighted by molar-refractivity contribution is 1.15. The van der Waals surface area contributed by atoms with E-state index in [-0.39, 0.29) is 0 Å². The molecule has 3 rings (SSSR count). The summed E-state index contributed by atoms with van der Waals surface area (Å²) in [4.78, 5) is 8.41. The lowest BCUT2D eigenvalue weighted by Gasteiger charge is -1.93. The summed E-state index contributed by atoms with van der Waals surface area (Å²) in [5, 5.41) is 4.76. The molecule has 0 atom stereocenters. The van der Waals surface area contributed by atoms with Gasteiger partial charge in [0, 0.05) is 0 Å². The van der Waals surface area contributed by atoms with E-state index in [0.29, 0.717) is 10.0 Å². The van der Waals surface area contributed by atoms with Crippen molar-refractivity contribution in [2.45, 2.75) is 0 Å². The molecule has 2 aromatic heterocycles. The molecule has 16 heavy (non-hydrogen) atoms. The van der Waals surface area contributed by atoms with Gasteiger partial charge in [-0.15, -0.1) is 5.10 Å². The lowest BCUT2D eigenvalue weighted by Crippen LogP contribution is -1.72. The number of aromatic amines is 1. The number of H-pyrrole nitrogens is 1. The first-order valence-corrected chi connectivity index (χ1v) is 5.89. The van der Waals surface area contributed by atoms with Crippen LogP contribution in [0.15, 0.2) is 18.3 Å². The van der Waals surface area contributed by atoms with Crippen LogP contribution < -0.4 is 0 Å². The summed E-state index contributed by atoms with van der Waals surface area (Å²) in [6, 6.07) is 3.48. The zero-order valence-electron chi connectivity index (χ0n) is 7.74. The Bertz CT molecular complexity index is 608. The Labute approximate surface area is 104 Å². The quantitative estimate of drug-likeness (QED) is 0.738. The molecule has 0 aliphatic carbocycles. The zero-order valence-corrected chi connectivity index (χ0v) is 10.1. The molecule has 80 valence electrons. The van der Waals surface area contributed by atoms with Gasteiger partial charge >= 0.3 is 0 Å². The third-order valence-electron chi connectivity index (χ3n) is 2.12. The number of hydrogen-bond acceptors (Lipinski definition) is 4. The van der Waals surface area contributed by atoms with E-state index in [1.54, 1.807) is 18.3 Å². The van der Waals surface area contributed by atoms with E-state index in [1.807, 2.05) is 0 Å². The molecule has 1 aromatic carbocycles. The second-order valence-electron chi connectivity index (χ2n) is 3.15. The first-order chi connectivity index (χ1) is 7.74. The van der Waals surface area contributed by atoms with Gasteiger partial charge in [0.05, 0.1) is 27.3 Å². The molecule has 7 heteroatoms. The molecule has 0 radical (unpaired) electrons. The molecule has 1 N–H and O–H groups in total. The highest BCUT2D eigenvalue weighted by Crippen LogP contribution is 2.29. The highest BCUT2D eigenvalue weighted by Gasteiger charge is 2.09. The van der Waals surface area contributed by atoms with Crippen LogP contribution in [0.4, 0.5) is 0 Å². The summed E-state index contributed by atoms with van der Waals surface area (Å²) in [6.07, 6.45) is 1.66. The Hall–Kier alpha value is -1.17. The van der Waals surface area contributed by atoms with Crippen molar-refractivity contribution < 1.29 is 0 Å². The summed E-state index contributed by atoms with van der Waals surface area (Å²) in [5.74, 6) is 0.725. The van der Waals surface area contributed by atoms with E-state index in [1.165, 1.54) is 11.5 Å². The van der Waals surface area contributed by atoms with Crippen LogP contribution in [0, 0.1) is 0 Å². The summed E-state index contributed by atoms with van der Waals surface area (Å²) >= 11 is 13.1. The topological polar surface area (TPSA) is 54.5 Å². The Kier molecular flexibility index (Phi) is 2.31. The van der Waals surface area contributed by atoms with Gasteiger partial charge in [0.2, 0.25) is 0 Å². The second-order valence-corrected chi connectivity index (χ2v) is 4.75. The molecule has 3 aromatic rings. The molecule has 0 saturated heterocycles. The van der Waals surface area contributed by atoms with Crippen molar-refractivity contribution in [2.24, 2.45) is 0 Å². The maximum Gasteiger partial charge on any atom is 0.151 e. The second kappa shape index (κ2) is 3.69. The summed E-state index contributed by atoms with van der Waals surface area (Å²) in [6.45, 7) is 0. The number of rotatable bonds is 1. The molecule has 0 aliphatic rings. The number of nitrogens with zero attached hydrogens (tertiary/aromatic N) is 3. The van der Waals surface area contributed by atoms with Gasteiger partial charge in [0.25, 0.3) is 0 Å². The molecule has 0 bridgehead atoms. The monoisotopic (exact) mass is 270 g/mol. The van der Waals surface area contributed by atoms with Crippen molar-refractivity contribution in [1.29, 1.82) is 0 Å². The Morgan fingerprint density at radius 1 is 1.19 bits per heavy atom. The fourth-order valence-corrected chi connectivity index (χ4v) is 2.17. The molecular weight excluding hydrogens is 267 g/mol. The largest absolute Gasteiger partial charge is 0.337 e. The maximum atomic E-state index is 5.92. The minimum atomic E-state index is 0.495. The number of fused-ring (bicyclic) bond motifs is 1. The normalized spacial score (nSPS) is 11.1. The minimum absolute atomic E-state index is 0.495. The van der Waals surface area contributed by atoms with Gasteiger partial charge in [-0.05, 0) is 23.7 Å². The van der Waals surface area contributed by atoms with E-state index < -0.39 is 0 Å². The van der Waals surface area contributed by atoms with Gasteiger partial charge in [0.15, 0.2) is 5.82 Å². The molecule has 0 aliphatic heterocycles. The smallest absolute Gasteiger partial charge is 0.151 e. The number of hydrogen-bond donors (Lipinski definition) is 1. The van der Waals surface area contributed by atoms with E-state index in [9.17, 15) is 0 Å². The first-order valence-electron chi connectivity index (χ1n) is 4.36. The molecular formula is C9H4Cl2N4S. The van der Waals surface area contributed by atoms with Crippen molar-refractivity contribution in [2.75, 3.05) is 0 Å². The fraction of sp³-hybridized carbons (Fsp3) is 0. The fourth-order valence-electron chi connectivity index (χ4n) is 1.39. The lowest BCUT2D eigenvalue weighted by atomic mass is 10.3. The third kappa shape index (κ3) is 1.57. The summed E-state index contributed by atoms with van der Waals surface area (Å²) in [5.41, 5.74) is 1.62. The van der Waals surface area contributed by atoms with Gasteiger partial charge < -0.3 is 4.98 Å². The molecule has 2 heterocycles. The van der Waals surface area contributed by atoms with Crippen molar-refractivity contribution in [3.63, 3.8) is 0 Å². The van der Waals surface area contributed by atoms with E-state index in [4.69, 9.17) is 23.2 Å². The predicted octanol–water partition coefficient (Wildman–Crippen LogP) is 3.39. The highest BCUT2D eigenvalue weighted by atomic mass is 35.5. The number of nitrogens with one attached hydrogen (secondary N) is 1. The van der Waals surface area contributed by atoms with Gasteiger partial charge in [-0.3, -0.25) is 0 Å². The molecule has 0 saturated carbocycles. The van der Waals surface area contributed by atoms with Gasteiger partial charge in [-0.1, -0.05) is 27.7 Å². The average molecular weight is 271 g/mol. The van der Waals surface area contributed by atoms with Crippen LogP contribution in [0.2, 0.25) is 10.0 Å². The molecule has 0 unspecified atom stereocenters. The SMILES string of the molecule is Clc1cc2nc(-c3cnns3)[nH]c2cc1Cl. The van der Waals surface area contributed by atoms with Crippen LogP contribution in [0.3, 0.4) is 0 Å². The van der Waals surface area contributed by atoms with Crippen LogP contribution in [0.5, 0.6) is 0 Å². The Morgan fingerprint density at radius 3 is 2.75 bits per heavy atom. The van der Waals surface area contributed by atoms with Crippen LogP contribution in [0.1, 0.15) is 0 Å². The van der Waals surface area contributed by atoms with Gasteiger partial charge in [-0.25, -0.2) is 4.98 Å². The predicted molar refractivity (Wildman–Crippen MR) is 65.0 cm³/mol. The Morgan fingerprint density at radius 2 is 2.00 bits per heavy atom. The van der Waals surface area contributed by atoms with E-state index in [0.717, 1.165) is 21.7 Å². The number of benzene rings is 1. The summed E-state index contributed by atoms with van der Waals surface area (Å²) in [7, 11) is 0. The first kappa shape index (κ1) is 10.0. The van der Waals surface area contributed by atoms with Crippen LogP contribution >= 0.6 is 34.7 Å². The minimum Gasteiger partial charge on any atom is -0.337 e. The van der Waals surface area contributed by atoms with E-state index in [2.05, 4.69) is 19.6 Å². The van der Waals surface area contributed by atoms with Gasteiger partial charge in [-0.2, -0.15) is 0 Å². The van der Waals surface area contributed by atoms with Crippen molar-refractivity contribution in [1.82, 2.24) is 19.6 Å². The molecule has 4 nitrogen and oxygen atoms in total. The third-order valence-corrected chi connectivity index (χ3v) is 3.51. The van der Waals surface area contributed by atoms with Crippen LogP contribution in [-0.4, -0.2) is 19.6 Å². The van der Waals surface area contributed by atoms with Crippen LogP contribution in [0.25, 0.3) is 21.7 Å².